The zero-order chi connectivity index (χ0) is 14.7. The molecule has 0 aliphatic carbocycles. The van der Waals surface area contributed by atoms with Crippen molar-refractivity contribution in [2.24, 2.45) is 0 Å². The van der Waals surface area contributed by atoms with Crippen LogP contribution in [0.5, 0.6) is 0 Å². The number of anilines is 1. The largest absolute Gasteiger partial charge is 0.322 e. The molecule has 0 radical (unpaired) electrons. The van der Waals surface area contributed by atoms with Crippen LogP contribution in [0.2, 0.25) is 0 Å². The molecule has 1 saturated heterocycles. The van der Waals surface area contributed by atoms with E-state index in [0.29, 0.717) is 6.54 Å². The average molecular weight is 282 g/mol. The highest BCUT2D eigenvalue weighted by molar-refractivity contribution is 6.04. The summed E-state index contributed by atoms with van der Waals surface area (Å²) in [7, 11) is 0. The number of aromatic nitrogens is 2. The Bertz CT molecular complexity index is 667. The molecule has 5 nitrogen and oxygen atoms in total. The molecule has 1 aliphatic heterocycles. The first-order valence-corrected chi connectivity index (χ1v) is 7.00. The Morgan fingerprint density at radius 3 is 2.81 bits per heavy atom. The number of nitrogens with zero attached hydrogens (tertiary/aromatic N) is 2. The molecule has 2 N–H and O–H groups in total. The molecule has 21 heavy (non-hydrogen) atoms. The fourth-order valence-electron chi connectivity index (χ4n) is 2.24. The van der Waals surface area contributed by atoms with Gasteiger partial charge in [-0.05, 0) is 30.2 Å². The Morgan fingerprint density at radius 1 is 1.33 bits per heavy atom. The second-order valence-corrected chi connectivity index (χ2v) is 5.15. The lowest BCUT2D eigenvalue weighted by molar-refractivity contribution is -0.112. The Balaban J connectivity index is 1.77. The maximum atomic E-state index is 12.3. The summed E-state index contributed by atoms with van der Waals surface area (Å²) in [5.41, 5.74) is 3.86. The molecule has 1 amide bonds. The van der Waals surface area contributed by atoms with Crippen molar-refractivity contribution in [2.75, 3.05) is 18.4 Å². The summed E-state index contributed by atoms with van der Waals surface area (Å²) in [6, 6.07) is 9.71. The average Bonchev–Trinajstić information content (AvgIpc) is 2.92. The molecule has 1 aromatic carbocycles. The minimum Gasteiger partial charge on any atom is -0.322 e. The minimum absolute atomic E-state index is 0.0283. The quantitative estimate of drug-likeness (QED) is 0.841. The van der Waals surface area contributed by atoms with Crippen molar-refractivity contribution in [1.29, 1.82) is 0 Å². The zero-order valence-electron chi connectivity index (χ0n) is 12.0. The van der Waals surface area contributed by atoms with Crippen LogP contribution in [0.15, 0.2) is 53.9 Å². The molecular formula is C16H18N4O. The van der Waals surface area contributed by atoms with Gasteiger partial charge < -0.3 is 10.6 Å². The van der Waals surface area contributed by atoms with Crippen molar-refractivity contribution < 1.29 is 4.79 Å². The van der Waals surface area contributed by atoms with Crippen LogP contribution in [0.4, 0.5) is 5.69 Å². The van der Waals surface area contributed by atoms with Crippen molar-refractivity contribution in [1.82, 2.24) is 15.1 Å². The molecule has 2 heterocycles. The van der Waals surface area contributed by atoms with Gasteiger partial charge in [-0.1, -0.05) is 18.2 Å². The number of benzene rings is 1. The van der Waals surface area contributed by atoms with E-state index in [0.717, 1.165) is 29.9 Å². The first-order valence-electron chi connectivity index (χ1n) is 7.00. The Morgan fingerprint density at radius 2 is 2.14 bits per heavy atom. The van der Waals surface area contributed by atoms with E-state index in [2.05, 4.69) is 15.7 Å². The van der Waals surface area contributed by atoms with E-state index in [4.69, 9.17) is 0 Å². The van der Waals surface area contributed by atoms with E-state index in [9.17, 15) is 4.79 Å². The predicted molar refractivity (Wildman–Crippen MR) is 82.0 cm³/mol. The third kappa shape index (κ3) is 3.03. The van der Waals surface area contributed by atoms with Gasteiger partial charge in [0, 0.05) is 36.7 Å². The smallest absolute Gasteiger partial charge is 0.251 e. The third-order valence-corrected chi connectivity index (χ3v) is 3.70. The van der Waals surface area contributed by atoms with Gasteiger partial charge in [0.05, 0.1) is 6.54 Å². The molecule has 3 rings (SSSR count). The summed E-state index contributed by atoms with van der Waals surface area (Å²) in [5.74, 6) is -0.0283. The number of amides is 1. The summed E-state index contributed by atoms with van der Waals surface area (Å²) in [5, 5.41) is 10.4. The van der Waals surface area contributed by atoms with Crippen LogP contribution >= 0.6 is 0 Å². The Kier molecular flexibility index (Phi) is 3.83. The van der Waals surface area contributed by atoms with Gasteiger partial charge in [-0.3, -0.25) is 9.48 Å². The number of rotatable bonds is 4. The molecule has 2 aromatic rings. The number of carbonyl (C=O) groups excluding carboxylic acids is 1. The summed E-state index contributed by atoms with van der Waals surface area (Å²) in [6.07, 6.45) is 3.66. The number of carbonyl (C=O) groups is 1. The monoisotopic (exact) mass is 282 g/mol. The van der Waals surface area contributed by atoms with Crippen LogP contribution in [-0.4, -0.2) is 28.8 Å². The molecule has 0 unspecified atom stereocenters. The number of hydrogen-bond donors (Lipinski definition) is 2. The Labute approximate surface area is 123 Å². The zero-order valence-corrected chi connectivity index (χ0v) is 12.0. The van der Waals surface area contributed by atoms with Crippen molar-refractivity contribution in [2.45, 2.75) is 13.5 Å². The van der Waals surface area contributed by atoms with Crippen LogP contribution in [0.25, 0.3) is 0 Å². The van der Waals surface area contributed by atoms with Crippen molar-refractivity contribution in [3.05, 3.63) is 59.4 Å². The van der Waals surface area contributed by atoms with E-state index in [1.807, 2.05) is 48.1 Å². The van der Waals surface area contributed by atoms with Crippen LogP contribution in [-0.2, 0) is 11.3 Å². The van der Waals surface area contributed by atoms with Crippen molar-refractivity contribution in [3.63, 3.8) is 0 Å². The molecule has 1 aromatic heterocycles. The van der Waals surface area contributed by atoms with Gasteiger partial charge in [0.1, 0.15) is 0 Å². The second kappa shape index (κ2) is 5.93. The number of hydrogen-bond acceptors (Lipinski definition) is 3. The topological polar surface area (TPSA) is 59.0 Å². The van der Waals surface area contributed by atoms with Crippen LogP contribution in [0.3, 0.4) is 0 Å². The molecule has 108 valence electrons. The summed E-state index contributed by atoms with van der Waals surface area (Å²) >= 11 is 0. The molecule has 5 heteroatoms. The van der Waals surface area contributed by atoms with Crippen LogP contribution in [0, 0.1) is 0 Å². The van der Waals surface area contributed by atoms with Gasteiger partial charge in [0.15, 0.2) is 0 Å². The number of para-hydroxylation sites is 1. The van der Waals surface area contributed by atoms with Gasteiger partial charge in [0.25, 0.3) is 5.91 Å². The van der Waals surface area contributed by atoms with Gasteiger partial charge >= 0.3 is 0 Å². The third-order valence-electron chi connectivity index (χ3n) is 3.70. The van der Waals surface area contributed by atoms with Gasteiger partial charge in [-0.2, -0.15) is 5.10 Å². The SMILES string of the molecule is CC(C(=O)Nc1ccccc1Cn1cccn1)=C1CNC1. The van der Waals surface area contributed by atoms with Crippen LogP contribution < -0.4 is 10.6 Å². The highest BCUT2D eigenvalue weighted by atomic mass is 16.1. The number of nitrogens with one attached hydrogen (secondary N) is 2. The van der Waals surface area contributed by atoms with E-state index in [-0.39, 0.29) is 5.91 Å². The summed E-state index contributed by atoms with van der Waals surface area (Å²) in [4.78, 5) is 12.3. The summed E-state index contributed by atoms with van der Waals surface area (Å²) in [6.45, 7) is 4.14. The van der Waals surface area contributed by atoms with E-state index in [1.54, 1.807) is 6.20 Å². The maximum Gasteiger partial charge on any atom is 0.251 e. The lowest BCUT2D eigenvalue weighted by atomic mass is 10.0. The molecule has 1 aliphatic rings. The van der Waals surface area contributed by atoms with Gasteiger partial charge in [0.2, 0.25) is 0 Å². The molecule has 0 bridgehead atoms. The minimum atomic E-state index is -0.0283. The Hall–Kier alpha value is -2.40. The summed E-state index contributed by atoms with van der Waals surface area (Å²) < 4.78 is 1.84. The lowest BCUT2D eigenvalue weighted by Crippen LogP contribution is -2.36. The maximum absolute atomic E-state index is 12.3. The molecular weight excluding hydrogens is 264 g/mol. The molecule has 0 spiro atoms. The molecule has 0 saturated carbocycles. The molecule has 0 atom stereocenters. The lowest BCUT2D eigenvalue weighted by Gasteiger charge is -2.21. The van der Waals surface area contributed by atoms with E-state index < -0.39 is 0 Å². The van der Waals surface area contributed by atoms with Crippen molar-refractivity contribution in [3.8, 4) is 0 Å². The normalized spacial score (nSPS) is 13.7. The van der Waals surface area contributed by atoms with Crippen LogP contribution in [0.1, 0.15) is 12.5 Å². The first-order chi connectivity index (χ1) is 10.2. The predicted octanol–water partition coefficient (Wildman–Crippen LogP) is 1.79. The van der Waals surface area contributed by atoms with E-state index >= 15 is 0 Å². The fourth-order valence-corrected chi connectivity index (χ4v) is 2.24. The molecule has 1 fully saturated rings. The second-order valence-electron chi connectivity index (χ2n) is 5.15. The highest BCUT2D eigenvalue weighted by Crippen LogP contribution is 2.18. The highest BCUT2D eigenvalue weighted by Gasteiger charge is 2.16. The fraction of sp³-hybridized carbons (Fsp3) is 0.250. The van der Waals surface area contributed by atoms with Crippen molar-refractivity contribution >= 4 is 11.6 Å². The van der Waals surface area contributed by atoms with Gasteiger partial charge in [-0.25, -0.2) is 0 Å². The first kappa shape index (κ1) is 13.6. The van der Waals surface area contributed by atoms with Gasteiger partial charge in [-0.15, -0.1) is 0 Å². The standard InChI is InChI=1S/C16H18N4O/c1-12(14-9-17-10-14)16(21)19-15-6-3-2-5-13(15)11-20-8-4-7-18-20/h2-8,17H,9-11H2,1H3,(H,19,21). The van der Waals surface area contributed by atoms with E-state index in [1.165, 1.54) is 5.57 Å².